The minimum Gasteiger partial charge on any atom is -0.435 e. The monoisotopic (exact) mass is 345 g/mol. The highest BCUT2D eigenvalue weighted by Crippen LogP contribution is 2.32. The Bertz CT molecular complexity index is 700. The Morgan fingerprint density at radius 3 is 2.70 bits per heavy atom. The van der Waals surface area contributed by atoms with Crippen molar-refractivity contribution in [2.75, 3.05) is 0 Å². The number of rotatable bonds is 3. The maximum atomic E-state index is 13.7. The lowest BCUT2D eigenvalue weighted by Gasteiger charge is -2.09. The number of nitrogens with zero attached hydrogens (tertiary/aromatic N) is 2. The zero-order chi connectivity index (χ0) is 15.0. The lowest BCUT2D eigenvalue weighted by atomic mass is 10.2. The molecule has 0 saturated heterocycles. The van der Waals surface area contributed by atoms with Crippen molar-refractivity contribution in [1.82, 2.24) is 9.78 Å². The molecule has 2 aromatic rings. The number of nitrogens with two attached hydrogens (primary N) is 1. The molecule has 1 aromatic heterocycles. The lowest BCUT2D eigenvalue weighted by molar-refractivity contribution is 0.0997. The van der Waals surface area contributed by atoms with Crippen LogP contribution < -0.4 is 10.5 Å². The second-order valence-electron chi connectivity index (χ2n) is 4.06. The average molecular weight is 346 g/mol. The van der Waals surface area contributed by atoms with Crippen molar-refractivity contribution in [2.24, 2.45) is 12.8 Å². The molecule has 2 N–H and O–H groups in total. The fraction of sp³-hybridized carbons (Fsp3) is 0.167. The van der Waals surface area contributed by atoms with Gasteiger partial charge in [0.05, 0.1) is 5.69 Å². The first kappa shape index (κ1) is 14.4. The third-order valence-corrected chi connectivity index (χ3v) is 3.04. The number of aromatic nitrogens is 2. The van der Waals surface area contributed by atoms with Crippen molar-refractivity contribution < 1.29 is 18.3 Å². The minimum absolute atomic E-state index is 0.0206. The highest BCUT2D eigenvalue weighted by Gasteiger charge is 2.22. The van der Waals surface area contributed by atoms with Crippen molar-refractivity contribution in [3.63, 3.8) is 0 Å². The molecule has 0 aliphatic rings. The van der Waals surface area contributed by atoms with Crippen LogP contribution in [0, 0.1) is 18.6 Å². The van der Waals surface area contributed by atoms with Gasteiger partial charge in [-0.3, -0.25) is 4.79 Å². The van der Waals surface area contributed by atoms with Crippen LogP contribution in [-0.2, 0) is 7.05 Å². The van der Waals surface area contributed by atoms with Gasteiger partial charge in [0, 0.05) is 11.5 Å². The summed E-state index contributed by atoms with van der Waals surface area (Å²) in [7, 11) is 1.50. The summed E-state index contributed by atoms with van der Waals surface area (Å²) in [6, 6.07) is 2.21. The number of amides is 1. The number of benzene rings is 1. The Morgan fingerprint density at radius 2 is 2.10 bits per heavy atom. The first-order valence-electron chi connectivity index (χ1n) is 5.47. The van der Waals surface area contributed by atoms with Crippen LogP contribution in [0.25, 0.3) is 0 Å². The van der Waals surface area contributed by atoms with E-state index in [-0.39, 0.29) is 17.2 Å². The summed E-state index contributed by atoms with van der Waals surface area (Å²) in [4.78, 5) is 11.4. The lowest BCUT2D eigenvalue weighted by Crippen LogP contribution is -2.13. The second kappa shape index (κ2) is 5.20. The summed E-state index contributed by atoms with van der Waals surface area (Å²) >= 11 is 3.03. The van der Waals surface area contributed by atoms with Gasteiger partial charge in [-0.15, -0.1) is 0 Å². The van der Waals surface area contributed by atoms with Crippen molar-refractivity contribution in [3.05, 3.63) is 39.5 Å². The SMILES string of the molecule is Cc1nn(C)c(Oc2cc(Br)cc(F)c2F)c1C(N)=O. The zero-order valence-corrected chi connectivity index (χ0v) is 12.2. The number of ether oxygens (including phenoxy) is 1. The third kappa shape index (κ3) is 2.51. The Balaban J connectivity index is 2.53. The van der Waals surface area contributed by atoms with E-state index in [1.165, 1.54) is 17.8 Å². The molecule has 1 aromatic carbocycles. The summed E-state index contributed by atoms with van der Waals surface area (Å²) in [5.41, 5.74) is 5.59. The maximum Gasteiger partial charge on any atom is 0.256 e. The Kier molecular flexibility index (Phi) is 3.76. The molecule has 0 saturated carbocycles. The van der Waals surface area contributed by atoms with Crippen molar-refractivity contribution in [3.8, 4) is 11.6 Å². The molecule has 0 aliphatic heterocycles. The van der Waals surface area contributed by atoms with Crippen LogP contribution in [0.5, 0.6) is 11.6 Å². The molecule has 8 heteroatoms. The van der Waals surface area contributed by atoms with Crippen molar-refractivity contribution in [2.45, 2.75) is 6.92 Å². The molecule has 0 unspecified atom stereocenters. The van der Waals surface area contributed by atoms with E-state index in [1.54, 1.807) is 6.92 Å². The van der Waals surface area contributed by atoms with Gasteiger partial charge in [0.1, 0.15) is 5.56 Å². The third-order valence-electron chi connectivity index (χ3n) is 2.58. The van der Waals surface area contributed by atoms with Crippen LogP contribution in [0.1, 0.15) is 16.1 Å². The normalized spacial score (nSPS) is 10.7. The van der Waals surface area contributed by atoms with E-state index in [0.717, 1.165) is 6.07 Å². The van der Waals surface area contributed by atoms with Gasteiger partial charge in [-0.1, -0.05) is 15.9 Å². The van der Waals surface area contributed by atoms with Crippen LogP contribution in [0.4, 0.5) is 8.78 Å². The predicted octanol–water partition coefficient (Wildman–Crippen LogP) is 2.66. The van der Waals surface area contributed by atoms with Crippen LogP contribution in [0.3, 0.4) is 0 Å². The number of halogens is 3. The van der Waals surface area contributed by atoms with E-state index in [9.17, 15) is 13.6 Å². The van der Waals surface area contributed by atoms with Gasteiger partial charge in [0.25, 0.3) is 5.91 Å². The fourth-order valence-electron chi connectivity index (χ4n) is 1.75. The molecule has 0 atom stereocenters. The van der Waals surface area contributed by atoms with Gasteiger partial charge in [-0.05, 0) is 19.1 Å². The molecule has 5 nitrogen and oxygen atoms in total. The van der Waals surface area contributed by atoms with Crippen molar-refractivity contribution >= 4 is 21.8 Å². The van der Waals surface area contributed by atoms with E-state index in [2.05, 4.69) is 21.0 Å². The molecule has 0 spiro atoms. The summed E-state index contributed by atoms with van der Waals surface area (Å²) in [6.07, 6.45) is 0. The number of aryl methyl sites for hydroxylation is 2. The molecule has 0 bridgehead atoms. The average Bonchev–Trinajstić information content (AvgIpc) is 2.60. The Hall–Kier alpha value is -1.96. The number of primary amides is 1. The number of carbonyl (C=O) groups excluding carboxylic acids is 1. The summed E-state index contributed by atoms with van der Waals surface area (Å²) in [5.74, 6) is -3.42. The highest BCUT2D eigenvalue weighted by molar-refractivity contribution is 9.10. The second-order valence-corrected chi connectivity index (χ2v) is 4.97. The van der Waals surface area contributed by atoms with E-state index in [4.69, 9.17) is 10.5 Å². The molecule has 106 valence electrons. The van der Waals surface area contributed by atoms with E-state index in [1.807, 2.05) is 0 Å². The number of hydrogen-bond acceptors (Lipinski definition) is 3. The van der Waals surface area contributed by atoms with Gasteiger partial charge in [0.15, 0.2) is 11.6 Å². The molecular formula is C12H10BrF2N3O2. The molecule has 0 aliphatic carbocycles. The maximum absolute atomic E-state index is 13.7. The first-order chi connectivity index (χ1) is 9.31. The minimum atomic E-state index is -1.16. The fourth-order valence-corrected chi connectivity index (χ4v) is 2.16. The molecule has 1 amide bonds. The van der Waals surface area contributed by atoms with Crippen LogP contribution in [0.2, 0.25) is 0 Å². The van der Waals surface area contributed by atoms with E-state index < -0.39 is 17.5 Å². The van der Waals surface area contributed by atoms with Gasteiger partial charge < -0.3 is 10.5 Å². The summed E-state index contributed by atoms with van der Waals surface area (Å²) in [5, 5.41) is 3.97. The van der Waals surface area contributed by atoms with Gasteiger partial charge >= 0.3 is 0 Å². The highest BCUT2D eigenvalue weighted by atomic mass is 79.9. The van der Waals surface area contributed by atoms with Crippen molar-refractivity contribution in [1.29, 1.82) is 0 Å². The predicted molar refractivity (Wildman–Crippen MR) is 70.6 cm³/mol. The van der Waals surface area contributed by atoms with Crippen LogP contribution in [-0.4, -0.2) is 15.7 Å². The molecule has 1 heterocycles. The molecule has 2 rings (SSSR count). The Labute approximate surface area is 121 Å². The van der Waals surface area contributed by atoms with Crippen LogP contribution >= 0.6 is 15.9 Å². The summed E-state index contributed by atoms with van der Waals surface area (Å²) in [6.45, 7) is 1.56. The number of carbonyl (C=O) groups is 1. The van der Waals surface area contributed by atoms with Gasteiger partial charge in [0.2, 0.25) is 11.7 Å². The van der Waals surface area contributed by atoms with Gasteiger partial charge in [-0.25, -0.2) is 9.07 Å². The molecule has 20 heavy (non-hydrogen) atoms. The largest absolute Gasteiger partial charge is 0.435 e. The molecule has 0 radical (unpaired) electrons. The van der Waals surface area contributed by atoms with E-state index >= 15 is 0 Å². The first-order valence-corrected chi connectivity index (χ1v) is 6.26. The topological polar surface area (TPSA) is 70.1 Å². The standard InChI is InChI=1S/C12H10BrF2N3O2/c1-5-9(11(16)19)12(18(2)17-5)20-8-4-6(13)3-7(14)10(8)15/h3-4H,1-2H3,(H2,16,19). The number of hydrogen-bond donors (Lipinski definition) is 1. The quantitative estimate of drug-likeness (QED) is 0.869. The van der Waals surface area contributed by atoms with Gasteiger partial charge in [-0.2, -0.15) is 9.49 Å². The smallest absolute Gasteiger partial charge is 0.256 e. The molecular weight excluding hydrogens is 336 g/mol. The van der Waals surface area contributed by atoms with Crippen LogP contribution in [0.15, 0.2) is 16.6 Å². The Morgan fingerprint density at radius 1 is 1.45 bits per heavy atom. The zero-order valence-electron chi connectivity index (χ0n) is 10.6. The molecule has 0 fully saturated rings. The summed E-state index contributed by atoms with van der Waals surface area (Å²) < 4.78 is 33.8. The van der Waals surface area contributed by atoms with E-state index in [0.29, 0.717) is 10.2 Å².